The maximum atomic E-state index is 11.0. The van der Waals surface area contributed by atoms with E-state index in [-0.39, 0.29) is 12.3 Å². The molecule has 1 amide bonds. The standard InChI is InChI=1S/C8H16N2O3/c1-5(2)4-10-7(11)3-6(9)8(12)13/h5-6H,3-4,9H2,1-2H3,(H,10,11)(H,12,13)/t6-/m0/s1. The number of hydrogen-bond donors (Lipinski definition) is 3. The van der Waals surface area contributed by atoms with Crippen molar-refractivity contribution in [2.24, 2.45) is 11.7 Å². The smallest absolute Gasteiger partial charge is 0.321 e. The summed E-state index contributed by atoms with van der Waals surface area (Å²) >= 11 is 0. The fraction of sp³-hybridized carbons (Fsp3) is 0.750. The second kappa shape index (κ2) is 5.53. The van der Waals surface area contributed by atoms with Gasteiger partial charge in [-0.05, 0) is 5.92 Å². The first-order valence-electron chi connectivity index (χ1n) is 4.18. The number of nitrogens with two attached hydrogens (primary N) is 1. The van der Waals surface area contributed by atoms with Gasteiger partial charge in [-0.25, -0.2) is 0 Å². The van der Waals surface area contributed by atoms with E-state index in [0.717, 1.165) is 0 Å². The number of aliphatic carboxylic acids is 1. The Bertz CT molecular complexity index is 192. The highest BCUT2D eigenvalue weighted by molar-refractivity contribution is 5.84. The van der Waals surface area contributed by atoms with E-state index in [1.807, 2.05) is 13.8 Å². The average molecular weight is 188 g/mol. The van der Waals surface area contributed by atoms with Crippen molar-refractivity contribution in [3.8, 4) is 0 Å². The van der Waals surface area contributed by atoms with Gasteiger partial charge in [0, 0.05) is 6.54 Å². The summed E-state index contributed by atoms with van der Waals surface area (Å²) < 4.78 is 0. The van der Waals surface area contributed by atoms with Crippen molar-refractivity contribution >= 4 is 11.9 Å². The van der Waals surface area contributed by atoms with E-state index in [4.69, 9.17) is 10.8 Å². The molecule has 0 aliphatic heterocycles. The van der Waals surface area contributed by atoms with Crippen molar-refractivity contribution in [3.63, 3.8) is 0 Å². The van der Waals surface area contributed by atoms with Gasteiger partial charge >= 0.3 is 5.97 Å². The summed E-state index contributed by atoms with van der Waals surface area (Å²) in [5, 5.41) is 11.0. The summed E-state index contributed by atoms with van der Waals surface area (Å²) in [6.07, 6.45) is -0.165. The van der Waals surface area contributed by atoms with E-state index in [1.54, 1.807) is 0 Å². The third kappa shape index (κ3) is 6.10. The Morgan fingerprint density at radius 3 is 2.38 bits per heavy atom. The Hall–Kier alpha value is -1.10. The van der Waals surface area contributed by atoms with Crippen LogP contribution < -0.4 is 11.1 Å². The van der Waals surface area contributed by atoms with E-state index in [0.29, 0.717) is 12.5 Å². The number of carboxylic acids is 1. The van der Waals surface area contributed by atoms with E-state index in [9.17, 15) is 9.59 Å². The van der Waals surface area contributed by atoms with Crippen LogP contribution in [0.15, 0.2) is 0 Å². The Morgan fingerprint density at radius 1 is 1.46 bits per heavy atom. The highest BCUT2D eigenvalue weighted by atomic mass is 16.4. The molecule has 0 spiro atoms. The van der Waals surface area contributed by atoms with Crippen LogP contribution in [-0.4, -0.2) is 29.6 Å². The monoisotopic (exact) mass is 188 g/mol. The molecule has 0 saturated carbocycles. The van der Waals surface area contributed by atoms with Crippen LogP contribution in [0.25, 0.3) is 0 Å². The number of nitrogens with one attached hydrogen (secondary N) is 1. The number of hydrogen-bond acceptors (Lipinski definition) is 3. The second-order valence-corrected chi connectivity index (χ2v) is 3.35. The topological polar surface area (TPSA) is 92.4 Å². The van der Waals surface area contributed by atoms with Crippen LogP contribution in [-0.2, 0) is 9.59 Å². The molecule has 5 heteroatoms. The van der Waals surface area contributed by atoms with Crippen LogP contribution in [0.2, 0.25) is 0 Å². The van der Waals surface area contributed by atoms with Crippen LogP contribution in [0.4, 0.5) is 0 Å². The highest BCUT2D eigenvalue weighted by Gasteiger charge is 2.15. The number of amides is 1. The fourth-order valence-corrected chi connectivity index (χ4v) is 0.677. The van der Waals surface area contributed by atoms with Gasteiger partial charge in [-0.15, -0.1) is 0 Å². The quantitative estimate of drug-likeness (QED) is 0.545. The zero-order valence-corrected chi connectivity index (χ0v) is 7.91. The molecule has 0 aromatic carbocycles. The second-order valence-electron chi connectivity index (χ2n) is 3.35. The highest BCUT2D eigenvalue weighted by Crippen LogP contribution is 1.91. The average Bonchev–Trinajstić information content (AvgIpc) is 2.00. The molecular formula is C8H16N2O3. The number of carboxylic acid groups (broad SMARTS) is 1. The van der Waals surface area contributed by atoms with Gasteiger partial charge < -0.3 is 16.2 Å². The SMILES string of the molecule is CC(C)CNC(=O)C[C@H](N)C(=O)O. The van der Waals surface area contributed by atoms with Crippen molar-refractivity contribution in [3.05, 3.63) is 0 Å². The summed E-state index contributed by atoms with van der Waals surface area (Å²) in [4.78, 5) is 21.3. The molecule has 0 radical (unpaired) electrons. The van der Waals surface area contributed by atoms with E-state index >= 15 is 0 Å². The normalized spacial score (nSPS) is 12.6. The minimum atomic E-state index is -1.15. The molecule has 0 aromatic heterocycles. The predicted molar refractivity (Wildman–Crippen MR) is 48.1 cm³/mol. The van der Waals surface area contributed by atoms with Gasteiger partial charge in [0.15, 0.2) is 0 Å². The molecule has 1 atom stereocenters. The lowest BCUT2D eigenvalue weighted by molar-refractivity contribution is -0.140. The number of carbonyl (C=O) groups is 2. The zero-order valence-electron chi connectivity index (χ0n) is 7.91. The van der Waals surface area contributed by atoms with Crippen LogP contribution in [0.3, 0.4) is 0 Å². The Labute approximate surface area is 77.3 Å². The molecule has 5 nitrogen and oxygen atoms in total. The lowest BCUT2D eigenvalue weighted by Crippen LogP contribution is -2.37. The van der Waals surface area contributed by atoms with Crippen LogP contribution in [0.1, 0.15) is 20.3 Å². The maximum absolute atomic E-state index is 11.0. The molecule has 13 heavy (non-hydrogen) atoms. The summed E-state index contributed by atoms with van der Waals surface area (Å²) in [7, 11) is 0. The van der Waals surface area contributed by atoms with Crippen molar-refractivity contribution in [2.75, 3.05) is 6.54 Å². The lowest BCUT2D eigenvalue weighted by atomic mass is 10.2. The van der Waals surface area contributed by atoms with Crippen molar-refractivity contribution in [1.82, 2.24) is 5.32 Å². The van der Waals surface area contributed by atoms with Gasteiger partial charge in [0.05, 0.1) is 6.42 Å². The van der Waals surface area contributed by atoms with Gasteiger partial charge in [0.25, 0.3) is 0 Å². The molecule has 0 unspecified atom stereocenters. The molecule has 0 heterocycles. The third-order valence-corrected chi connectivity index (χ3v) is 1.43. The zero-order chi connectivity index (χ0) is 10.4. The molecule has 0 saturated heterocycles. The lowest BCUT2D eigenvalue weighted by Gasteiger charge is -2.09. The van der Waals surface area contributed by atoms with Crippen LogP contribution in [0.5, 0.6) is 0 Å². The molecule has 0 fully saturated rings. The first kappa shape index (κ1) is 11.9. The Kier molecular flexibility index (Phi) is 5.06. The molecule has 0 rings (SSSR count). The molecule has 0 aliphatic rings. The summed E-state index contributed by atoms with van der Waals surface area (Å²) in [6, 6.07) is -1.10. The molecule has 0 aromatic rings. The minimum Gasteiger partial charge on any atom is -0.480 e. The largest absolute Gasteiger partial charge is 0.480 e. The summed E-state index contributed by atoms with van der Waals surface area (Å²) in [6.45, 7) is 4.46. The van der Waals surface area contributed by atoms with E-state index < -0.39 is 12.0 Å². The number of carbonyl (C=O) groups excluding carboxylic acids is 1. The molecule has 0 aliphatic carbocycles. The Morgan fingerprint density at radius 2 is 2.00 bits per heavy atom. The minimum absolute atomic E-state index is 0.165. The maximum Gasteiger partial charge on any atom is 0.321 e. The van der Waals surface area contributed by atoms with Gasteiger partial charge in [-0.1, -0.05) is 13.8 Å². The van der Waals surface area contributed by atoms with Gasteiger partial charge in [0.1, 0.15) is 6.04 Å². The summed E-state index contributed by atoms with van der Waals surface area (Å²) in [5.41, 5.74) is 5.16. The van der Waals surface area contributed by atoms with E-state index in [2.05, 4.69) is 5.32 Å². The van der Waals surface area contributed by atoms with Gasteiger partial charge in [-0.3, -0.25) is 9.59 Å². The van der Waals surface area contributed by atoms with Crippen molar-refractivity contribution in [2.45, 2.75) is 26.3 Å². The molecule has 4 N–H and O–H groups in total. The number of rotatable bonds is 5. The predicted octanol–water partition coefficient (Wildman–Crippen LogP) is -0.439. The fourth-order valence-electron chi connectivity index (χ4n) is 0.677. The van der Waals surface area contributed by atoms with Crippen LogP contribution in [0, 0.1) is 5.92 Å². The van der Waals surface area contributed by atoms with Gasteiger partial charge in [-0.2, -0.15) is 0 Å². The first-order chi connectivity index (χ1) is 5.93. The molecule has 0 bridgehead atoms. The van der Waals surface area contributed by atoms with Crippen molar-refractivity contribution in [1.29, 1.82) is 0 Å². The van der Waals surface area contributed by atoms with Gasteiger partial charge in [0.2, 0.25) is 5.91 Å². The van der Waals surface area contributed by atoms with Crippen molar-refractivity contribution < 1.29 is 14.7 Å². The van der Waals surface area contributed by atoms with E-state index in [1.165, 1.54) is 0 Å². The summed E-state index contributed by atoms with van der Waals surface area (Å²) in [5.74, 6) is -1.12. The molecular weight excluding hydrogens is 172 g/mol. The molecule has 76 valence electrons. The first-order valence-corrected chi connectivity index (χ1v) is 4.18. The van der Waals surface area contributed by atoms with Crippen LogP contribution >= 0.6 is 0 Å². The Balaban J connectivity index is 3.68. The third-order valence-electron chi connectivity index (χ3n) is 1.43.